The summed E-state index contributed by atoms with van der Waals surface area (Å²) >= 11 is 0. The van der Waals surface area contributed by atoms with Crippen LogP contribution in [0.4, 0.5) is 0 Å². The van der Waals surface area contributed by atoms with E-state index in [2.05, 4.69) is 4.90 Å². The highest BCUT2D eigenvalue weighted by atomic mass is 35.5. The van der Waals surface area contributed by atoms with Gasteiger partial charge >= 0.3 is 17.9 Å². The van der Waals surface area contributed by atoms with Crippen molar-refractivity contribution in [3.8, 4) is 11.5 Å². The molecule has 0 saturated carbocycles. The van der Waals surface area contributed by atoms with E-state index < -0.39 is 11.9 Å². The highest BCUT2D eigenvalue weighted by Crippen LogP contribution is 2.43. The number of hydrogen-bond donors (Lipinski definition) is 0. The first-order valence-electron chi connectivity index (χ1n) is 12.4. The number of carbonyl (C=O) groups is 3. The second-order valence-corrected chi connectivity index (χ2v) is 9.46. The third-order valence-electron chi connectivity index (χ3n) is 6.54. The molecule has 1 fully saturated rings. The number of fused-ring (bicyclic) bond motifs is 1. The van der Waals surface area contributed by atoms with E-state index in [0.717, 1.165) is 24.2 Å². The Labute approximate surface area is 224 Å². The van der Waals surface area contributed by atoms with Crippen molar-refractivity contribution in [3.05, 3.63) is 33.9 Å². The minimum absolute atomic E-state index is 0. The Balaban J connectivity index is 0.00000481. The third kappa shape index (κ3) is 7.46. The summed E-state index contributed by atoms with van der Waals surface area (Å²) in [6.45, 7) is 12.0. The maximum Gasteiger partial charge on any atom is 0.342 e. The molecule has 0 spiro atoms. The number of halogens is 1. The maximum absolute atomic E-state index is 12.5. The standard InChI is InChI=1S/C27H37NO8.ClH/c1-16(2)26(30)36-25-20(24(32-6)18(4)21-15-34-27(31)23(21)25)9-7-17(3)8-10-22(29)35-19(5)28-11-13-33-14-12-28;/h7,16,19H,8-15H2,1-6H3;1H. The van der Waals surface area contributed by atoms with Gasteiger partial charge in [-0.2, -0.15) is 0 Å². The summed E-state index contributed by atoms with van der Waals surface area (Å²) < 4.78 is 27.6. The van der Waals surface area contributed by atoms with Crippen molar-refractivity contribution in [2.45, 2.75) is 66.7 Å². The first-order valence-corrected chi connectivity index (χ1v) is 12.4. The molecule has 1 saturated heterocycles. The average molecular weight is 540 g/mol. The molecule has 0 aliphatic carbocycles. The lowest BCUT2D eigenvalue weighted by atomic mass is 9.94. The zero-order valence-corrected chi connectivity index (χ0v) is 23.3. The fourth-order valence-electron chi connectivity index (χ4n) is 4.28. The number of benzene rings is 1. The normalized spacial score (nSPS) is 16.5. The first kappa shape index (κ1) is 30.6. The van der Waals surface area contributed by atoms with Crippen molar-refractivity contribution in [2.75, 3.05) is 33.4 Å². The van der Waals surface area contributed by atoms with Gasteiger partial charge in [0.05, 0.1) is 26.2 Å². The molecule has 1 aromatic carbocycles. The molecule has 2 aliphatic rings. The third-order valence-corrected chi connectivity index (χ3v) is 6.54. The Morgan fingerprint density at radius 2 is 1.78 bits per heavy atom. The van der Waals surface area contributed by atoms with Crippen molar-refractivity contribution in [1.29, 1.82) is 0 Å². The highest BCUT2D eigenvalue weighted by Gasteiger charge is 2.34. The van der Waals surface area contributed by atoms with E-state index in [-0.39, 0.29) is 54.9 Å². The molecular formula is C27H38ClNO8. The Bertz CT molecular complexity index is 1030. The number of methoxy groups -OCH3 is 1. The molecular weight excluding hydrogens is 502 g/mol. The lowest BCUT2D eigenvalue weighted by molar-refractivity contribution is -0.161. The van der Waals surface area contributed by atoms with Gasteiger partial charge in [0.1, 0.15) is 17.9 Å². The van der Waals surface area contributed by atoms with Crippen LogP contribution in [-0.4, -0.2) is 62.4 Å². The molecule has 1 atom stereocenters. The molecule has 0 aromatic heterocycles. The van der Waals surface area contributed by atoms with Crippen LogP contribution in [0.5, 0.6) is 11.5 Å². The zero-order valence-electron chi connectivity index (χ0n) is 22.5. The van der Waals surface area contributed by atoms with Crippen LogP contribution in [0.15, 0.2) is 11.6 Å². The van der Waals surface area contributed by atoms with Crippen LogP contribution >= 0.6 is 12.4 Å². The summed E-state index contributed by atoms with van der Waals surface area (Å²) in [4.78, 5) is 39.5. The molecule has 0 amide bonds. The van der Waals surface area contributed by atoms with E-state index in [9.17, 15) is 14.4 Å². The van der Waals surface area contributed by atoms with Gasteiger partial charge in [0, 0.05) is 30.6 Å². The molecule has 2 aliphatic heterocycles. The minimum Gasteiger partial charge on any atom is -0.496 e. The van der Waals surface area contributed by atoms with Crippen LogP contribution in [0, 0.1) is 12.8 Å². The van der Waals surface area contributed by atoms with Gasteiger partial charge in [-0.3, -0.25) is 14.5 Å². The number of esters is 3. The second kappa shape index (κ2) is 13.8. The van der Waals surface area contributed by atoms with Gasteiger partial charge in [-0.15, -0.1) is 12.4 Å². The Morgan fingerprint density at radius 1 is 1.11 bits per heavy atom. The summed E-state index contributed by atoms with van der Waals surface area (Å²) in [6.07, 6.45) is 2.79. The van der Waals surface area contributed by atoms with Gasteiger partial charge in [-0.05, 0) is 39.2 Å². The fraction of sp³-hybridized carbons (Fsp3) is 0.593. The molecule has 3 rings (SSSR count). The summed E-state index contributed by atoms with van der Waals surface area (Å²) in [5.41, 5.74) is 3.30. The fourth-order valence-corrected chi connectivity index (χ4v) is 4.28. The molecule has 2 heterocycles. The van der Waals surface area contributed by atoms with Crippen LogP contribution < -0.4 is 9.47 Å². The van der Waals surface area contributed by atoms with E-state index in [1.54, 1.807) is 21.0 Å². The summed E-state index contributed by atoms with van der Waals surface area (Å²) in [6, 6.07) is 0. The van der Waals surface area contributed by atoms with E-state index in [4.69, 9.17) is 23.7 Å². The van der Waals surface area contributed by atoms with Crippen molar-refractivity contribution in [1.82, 2.24) is 4.90 Å². The lowest BCUT2D eigenvalue weighted by Gasteiger charge is -2.31. The van der Waals surface area contributed by atoms with Gasteiger partial charge in [0.25, 0.3) is 0 Å². The van der Waals surface area contributed by atoms with Crippen LogP contribution in [0.1, 0.15) is 67.6 Å². The van der Waals surface area contributed by atoms with Gasteiger partial charge < -0.3 is 23.7 Å². The van der Waals surface area contributed by atoms with Crippen molar-refractivity contribution < 1.29 is 38.1 Å². The van der Waals surface area contributed by atoms with Gasteiger partial charge in [-0.1, -0.05) is 25.5 Å². The molecule has 9 nitrogen and oxygen atoms in total. The molecule has 206 valence electrons. The van der Waals surface area contributed by atoms with E-state index >= 15 is 0 Å². The predicted molar refractivity (Wildman–Crippen MR) is 139 cm³/mol. The molecule has 37 heavy (non-hydrogen) atoms. The van der Waals surface area contributed by atoms with Crippen LogP contribution in [0.2, 0.25) is 0 Å². The molecule has 1 aromatic rings. The molecule has 1 unspecified atom stereocenters. The van der Waals surface area contributed by atoms with E-state index in [1.807, 2.05) is 26.8 Å². The quantitative estimate of drug-likeness (QED) is 0.246. The van der Waals surface area contributed by atoms with E-state index in [1.165, 1.54) is 0 Å². The Hall–Kier alpha value is -2.62. The van der Waals surface area contributed by atoms with Crippen LogP contribution in [0.25, 0.3) is 0 Å². The molecule has 0 bridgehead atoms. The number of morpholine rings is 1. The Kier molecular flexibility index (Phi) is 11.4. The van der Waals surface area contributed by atoms with Crippen molar-refractivity contribution in [2.24, 2.45) is 5.92 Å². The number of hydrogen-bond acceptors (Lipinski definition) is 9. The second-order valence-electron chi connectivity index (χ2n) is 9.46. The molecule has 0 radical (unpaired) electrons. The van der Waals surface area contributed by atoms with Crippen molar-refractivity contribution in [3.63, 3.8) is 0 Å². The van der Waals surface area contributed by atoms with Crippen LogP contribution in [0.3, 0.4) is 0 Å². The topological polar surface area (TPSA) is 101 Å². The predicted octanol–water partition coefficient (Wildman–Crippen LogP) is 4.15. The maximum atomic E-state index is 12.5. The first-order chi connectivity index (χ1) is 17.1. The van der Waals surface area contributed by atoms with Gasteiger partial charge in [0.15, 0.2) is 12.0 Å². The zero-order chi connectivity index (χ0) is 26.4. The van der Waals surface area contributed by atoms with Crippen LogP contribution in [-0.2, 0) is 36.8 Å². The lowest BCUT2D eigenvalue weighted by Crippen LogP contribution is -2.44. The van der Waals surface area contributed by atoms with Gasteiger partial charge in [-0.25, -0.2) is 4.79 Å². The number of ether oxygens (including phenoxy) is 5. The smallest absolute Gasteiger partial charge is 0.342 e. The van der Waals surface area contributed by atoms with E-state index in [0.29, 0.717) is 42.9 Å². The largest absolute Gasteiger partial charge is 0.496 e. The number of carbonyl (C=O) groups excluding carboxylic acids is 3. The minimum atomic E-state index is -0.513. The number of nitrogens with zero attached hydrogens (tertiary/aromatic N) is 1. The average Bonchev–Trinajstić information content (AvgIpc) is 3.25. The Morgan fingerprint density at radius 3 is 2.41 bits per heavy atom. The SMILES string of the molecule is COc1c(C)c2c(c(OC(=O)C(C)C)c1CC=C(C)CCC(=O)OC(C)N1CCOCC1)C(=O)OC2.Cl. The number of rotatable bonds is 10. The summed E-state index contributed by atoms with van der Waals surface area (Å²) in [7, 11) is 1.55. The highest BCUT2D eigenvalue weighted by molar-refractivity contribution is 5.99. The monoisotopic (exact) mass is 539 g/mol. The number of cyclic esters (lactones) is 1. The van der Waals surface area contributed by atoms with Crippen molar-refractivity contribution >= 4 is 30.3 Å². The summed E-state index contributed by atoms with van der Waals surface area (Å²) in [5.74, 6) is -0.843. The molecule has 10 heteroatoms. The number of allylic oxidation sites excluding steroid dienone is 2. The van der Waals surface area contributed by atoms with Gasteiger partial charge in [0.2, 0.25) is 0 Å². The summed E-state index contributed by atoms with van der Waals surface area (Å²) in [5, 5.41) is 0. The molecule has 0 N–H and O–H groups in total.